The van der Waals surface area contributed by atoms with Crippen molar-refractivity contribution in [1.82, 2.24) is 10.2 Å². The standard InChI is InChI=1S/C25H33N3O4S/c1-19-13-15-21(16-14-19)17-27(20(2)25(30)26-22-9-7-8-10-22)24(29)18-28(33(3,31)32)23-11-5-4-6-12-23/h4-6,11-16,20,22H,7-10,17-18H2,1-3H3,(H,26,30)/t20-/m1/s1. The van der Waals surface area contributed by atoms with Gasteiger partial charge in [0.05, 0.1) is 11.9 Å². The van der Waals surface area contributed by atoms with Gasteiger partial charge in [0, 0.05) is 12.6 Å². The number of anilines is 1. The highest BCUT2D eigenvalue weighted by molar-refractivity contribution is 7.92. The van der Waals surface area contributed by atoms with Gasteiger partial charge in [-0.05, 0) is 44.4 Å². The summed E-state index contributed by atoms with van der Waals surface area (Å²) in [6, 6.07) is 15.7. The third-order valence-electron chi connectivity index (χ3n) is 6.07. The summed E-state index contributed by atoms with van der Waals surface area (Å²) >= 11 is 0. The van der Waals surface area contributed by atoms with Gasteiger partial charge in [-0.25, -0.2) is 8.42 Å². The Morgan fingerprint density at radius 2 is 1.64 bits per heavy atom. The molecule has 2 aromatic carbocycles. The zero-order chi connectivity index (χ0) is 24.0. The van der Waals surface area contributed by atoms with Gasteiger partial charge < -0.3 is 10.2 Å². The number of nitrogens with one attached hydrogen (secondary N) is 1. The Kier molecular flexibility index (Phi) is 8.13. The fraction of sp³-hybridized carbons (Fsp3) is 0.440. The molecule has 1 atom stereocenters. The number of sulfonamides is 1. The third kappa shape index (κ3) is 6.81. The Bertz CT molecular complexity index is 1050. The third-order valence-corrected chi connectivity index (χ3v) is 7.21. The summed E-state index contributed by atoms with van der Waals surface area (Å²) in [6.45, 7) is 3.51. The molecule has 7 nitrogen and oxygen atoms in total. The summed E-state index contributed by atoms with van der Waals surface area (Å²) in [4.78, 5) is 27.9. The first kappa shape index (κ1) is 24.8. The van der Waals surface area contributed by atoms with Crippen LogP contribution in [0.25, 0.3) is 0 Å². The predicted octanol–water partition coefficient (Wildman–Crippen LogP) is 3.24. The van der Waals surface area contributed by atoms with Crippen molar-refractivity contribution in [3.05, 3.63) is 65.7 Å². The van der Waals surface area contributed by atoms with Crippen molar-refractivity contribution >= 4 is 27.5 Å². The maximum absolute atomic E-state index is 13.5. The molecule has 2 aromatic rings. The maximum Gasteiger partial charge on any atom is 0.244 e. The molecular formula is C25H33N3O4S. The molecule has 8 heteroatoms. The van der Waals surface area contributed by atoms with Crippen LogP contribution in [0.2, 0.25) is 0 Å². The second-order valence-electron chi connectivity index (χ2n) is 8.78. The maximum atomic E-state index is 13.5. The Morgan fingerprint density at radius 1 is 1.03 bits per heavy atom. The van der Waals surface area contributed by atoms with Crippen molar-refractivity contribution in [3.8, 4) is 0 Å². The molecule has 1 aliphatic rings. The molecule has 3 rings (SSSR count). The molecule has 0 unspecified atom stereocenters. The Balaban J connectivity index is 1.85. The van der Waals surface area contributed by atoms with E-state index in [0.717, 1.165) is 47.4 Å². The van der Waals surface area contributed by atoms with E-state index in [2.05, 4.69) is 5.32 Å². The van der Waals surface area contributed by atoms with Crippen LogP contribution in [0.4, 0.5) is 5.69 Å². The molecule has 33 heavy (non-hydrogen) atoms. The quantitative estimate of drug-likeness (QED) is 0.608. The van der Waals surface area contributed by atoms with Gasteiger partial charge >= 0.3 is 0 Å². The second-order valence-corrected chi connectivity index (χ2v) is 10.7. The van der Waals surface area contributed by atoms with Crippen molar-refractivity contribution in [2.24, 2.45) is 0 Å². The molecule has 1 N–H and O–H groups in total. The SMILES string of the molecule is Cc1ccc(CN(C(=O)CN(c2ccccc2)S(C)(=O)=O)[C@H](C)C(=O)NC2CCCC2)cc1. The summed E-state index contributed by atoms with van der Waals surface area (Å²) in [5.41, 5.74) is 2.38. The van der Waals surface area contributed by atoms with Crippen molar-refractivity contribution in [3.63, 3.8) is 0 Å². The molecule has 1 saturated carbocycles. The van der Waals surface area contributed by atoms with Crippen LogP contribution in [-0.2, 0) is 26.2 Å². The van der Waals surface area contributed by atoms with E-state index < -0.39 is 22.0 Å². The van der Waals surface area contributed by atoms with Crippen LogP contribution in [0.5, 0.6) is 0 Å². The number of carbonyl (C=O) groups is 2. The summed E-state index contributed by atoms with van der Waals surface area (Å²) < 4.78 is 26.1. The largest absolute Gasteiger partial charge is 0.352 e. The first-order chi connectivity index (χ1) is 15.6. The summed E-state index contributed by atoms with van der Waals surface area (Å²) in [5.74, 6) is -0.646. The van der Waals surface area contributed by atoms with E-state index in [-0.39, 0.29) is 25.0 Å². The van der Waals surface area contributed by atoms with Crippen LogP contribution in [0.15, 0.2) is 54.6 Å². The van der Waals surface area contributed by atoms with E-state index in [9.17, 15) is 18.0 Å². The van der Waals surface area contributed by atoms with Crippen LogP contribution in [-0.4, -0.2) is 50.0 Å². The number of para-hydroxylation sites is 1. The fourth-order valence-electron chi connectivity index (χ4n) is 4.07. The number of hydrogen-bond donors (Lipinski definition) is 1. The predicted molar refractivity (Wildman–Crippen MR) is 130 cm³/mol. The summed E-state index contributed by atoms with van der Waals surface area (Å²) in [5, 5.41) is 3.06. The second kappa shape index (κ2) is 10.8. The Labute approximate surface area is 196 Å². The minimum atomic E-state index is -3.70. The smallest absolute Gasteiger partial charge is 0.244 e. The molecule has 0 spiro atoms. The van der Waals surface area contributed by atoms with Crippen LogP contribution in [0, 0.1) is 6.92 Å². The topological polar surface area (TPSA) is 86.8 Å². The highest BCUT2D eigenvalue weighted by Gasteiger charge is 2.31. The van der Waals surface area contributed by atoms with E-state index >= 15 is 0 Å². The van der Waals surface area contributed by atoms with E-state index in [1.54, 1.807) is 37.3 Å². The highest BCUT2D eigenvalue weighted by Crippen LogP contribution is 2.20. The summed E-state index contributed by atoms with van der Waals surface area (Å²) in [6.07, 6.45) is 5.14. The molecule has 0 aromatic heterocycles. The lowest BCUT2D eigenvalue weighted by Gasteiger charge is -2.32. The Hall–Kier alpha value is -2.87. The van der Waals surface area contributed by atoms with Crippen LogP contribution in [0.1, 0.15) is 43.7 Å². The van der Waals surface area contributed by atoms with E-state index in [0.29, 0.717) is 5.69 Å². The van der Waals surface area contributed by atoms with Crippen molar-refractivity contribution in [2.45, 2.75) is 58.2 Å². The normalized spacial score (nSPS) is 15.1. The van der Waals surface area contributed by atoms with Crippen LogP contribution < -0.4 is 9.62 Å². The number of benzene rings is 2. The molecule has 0 aliphatic heterocycles. The molecular weight excluding hydrogens is 438 g/mol. The van der Waals surface area contributed by atoms with Gasteiger partial charge in [0.2, 0.25) is 21.8 Å². The molecule has 0 heterocycles. The molecule has 2 amide bonds. The van der Waals surface area contributed by atoms with Crippen molar-refractivity contribution < 1.29 is 18.0 Å². The van der Waals surface area contributed by atoms with Gasteiger partial charge in [0.25, 0.3) is 0 Å². The minimum Gasteiger partial charge on any atom is -0.352 e. The zero-order valence-corrected chi connectivity index (χ0v) is 20.3. The monoisotopic (exact) mass is 471 g/mol. The average Bonchev–Trinajstić information content (AvgIpc) is 3.29. The van der Waals surface area contributed by atoms with Gasteiger partial charge in [-0.2, -0.15) is 0 Å². The lowest BCUT2D eigenvalue weighted by molar-refractivity contribution is -0.139. The van der Waals surface area contributed by atoms with Gasteiger partial charge in [0.15, 0.2) is 0 Å². The van der Waals surface area contributed by atoms with Gasteiger partial charge in [-0.15, -0.1) is 0 Å². The first-order valence-corrected chi connectivity index (χ1v) is 13.2. The number of amides is 2. The van der Waals surface area contributed by atoms with Crippen molar-refractivity contribution in [2.75, 3.05) is 17.1 Å². The molecule has 178 valence electrons. The van der Waals surface area contributed by atoms with Gasteiger partial charge in [-0.3, -0.25) is 13.9 Å². The van der Waals surface area contributed by atoms with Gasteiger partial charge in [0.1, 0.15) is 12.6 Å². The number of carbonyl (C=O) groups excluding carboxylic acids is 2. The average molecular weight is 472 g/mol. The molecule has 0 saturated heterocycles. The highest BCUT2D eigenvalue weighted by atomic mass is 32.2. The number of aryl methyl sites for hydroxylation is 1. The van der Waals surface area contributed by atoms with Crippen molar-refractivity contribution in [1.29, 1.82) is 0 Å². The lowest BCUT2D eigenvalue weighted by atomic mass is 10.1. The van der Waals surface area contributed by atoms with E-state index in [1.165, 1.54) is 4.90 Å². The molecule has 1 aliphatic carbocycles. The number of rotatable bonds is 9. The number of hydrogen-bond acceptors (Lipinski definition) is 4. The van der Waals surface area contributed by atoms with Gasteiger partial charge in [-0.1, -0.05) is 60.9 Å². The van der Waals surface area contributed by atoms with Crippen LogP contribution >= 0.6 is 0 Å². The van der Waals surface area contributed by atoms with Crippen LogP contribution in [0.3, 0.4) is 0 Å². The molecule has 0 radical (unpaired) electrons. The first-order valence-electron chi connectivity index (χ1n) is 11.3. The molecule has 0 bridgehead atoms. The summed E-state index contributed by atoms with van der Waals surface area (Å²) in [7, 11) is -3.70. The van der Waals surface area contributed by atoms with E-state index in [4.69, 9.17) is 0 Å². The number of nitrogens with zero attached hydrogens (tertiary/aromatic N) is 2. The molecule has 1 fully saturated rings. The zero-order valence-electron chi connectivity index (χ0n) is 19.5. The lowest BCUT2D eigenvalue weighted by Crippen LogP contribution is -2.52. The fourth-order valence-corrected chi connectivity index (χ4v) is 4.92. The minimum absolute atomic E-state index is 0.133. The van der Waals surface area contributed by atoms with E-state index in [1.807, 2.05) is 31.2 Å². The Morgan fingerprint density at radius 3 is 2.21 bits per heavy atom.